The second-order valence-electron chi connectivity index (χ2n) is 11.8. The largest absolute Gasteiger partial charge is 0.385 e. The molecule has 0 fully saturated rings. The van der Waals surface area contributed by atoms with Crippen LogP contribution < -0.4 is 10.7 Å². The Labute approximate surface area is 259 Å². The predicted molar refractivity (Wildman–Crippen MR) is 188 cm³/mol. The summed E-state index contributed by atoms with van der Waals surface area (Å²) < 4.78 is 0. The third-order valence-electron chi connectivity index (χ3n) is 8.20. The van der Waals surface area contributed by atoms with Crippen LogP contribution in [0, 0.1) is 0 Å². The minimum absolute atomic E-state index is 0.794. The molecule has 6 rings (SSSR count). The van der Waals surface area contributed by atoms with Gasteiger partial charge in [-0.2, -0.15) is 0 Å². The summed E-state index contributed by atoms with van der Waals surface area (Å²) >= 11 is 0. The number of nitrogens with zero attached hydrogens (tertiary/aromatic N) is 2. The van der Waals surface area contributed by atoms with E-state index in [-0.39, 0.29) is 0 Å². The molecule has 0 amide bonds. The van der Waals surface area contributed by atoms with Gasteiger partial charge in [-0.15, -0.1) is 0 Å². The molecule has 0 aliphatic carbocycles. The summed E-state index contributed by atoms with van der Waals surface area (Å²) in [6.07, 6.45) is 13.9. The van der Waals surface area contributed by atoms with E-state index < -0.39 is 0 Å². The average molecular weight is 585 g/mol. The highest BCUT2D eigenvalue weighted by Gasteiger charge is 2.09. The Morgan fingerprint density at radius 3 is 2.25 bits per heavy atom. The molecule has 4 aromatic heterocycles. The van der Waals surface area contributed by atoms with Crippen molar-refractivity contribution < 1.29 is 0 Å². The third-order valence-corrected chi connectivity index (χ3v) is 8.20. The zero-order valence-electron chi connectivity index (χ0n) is 26.0. The molecule has 0 saturated heterocycles. The standard InChI is InChI=1S/C38H44N6/c1-3-5-7-9-20-39-28-13-11-12-27(22-28)34-25-33-24-30-15-14-29(41-30)23-31-16-18-35(42-31)38(40-21-10-8-6-4-2)36-19-17-32(43-36)26-37(34)44-33/h11-19,22-26,39,41-42,44H,3-10,20-21H2,1-2H3. The van der Waals surface area contributed by atoms with Crippen molar-refractivity contribution in [3.05, 3.63) is 89.5 Å². The summed E-state index contributed by atoms with van der Waals surface area (Å²) in [6.45, 7) is 6.28. The van der Waals surface area contributed by atoms with Crippen LogP contribution in [0.25, 0.3) is 56.4 Å². The van der Waals surface area contributed by atoms with E-state index in [2.05, 4.69) is 119 Å². The zero-order valence-corrected chi connectivity index (χ0v) is 26.0. The zero-order chi connectivity index (χ0) is 30.1. The average Bonchev–Trinajstić information content (AvgIpc) is 3.84. The Bertz CT molecular complexity index is 1940. The summed E-state index contributed by atoms with van der Waals surface area (Å²) in [4.78, 5) is 20.9. The number of fused-ring (bicyclic) bond motifs is 8. The highest BCUT2D eigenvalue weighted by Crippen LogP contribution is 2.29. The van der Waals surface area contributed by atoms with Gasteiger partial charge in [0.1, 0.15) is 5.36 Å². The number of unbranched alkanes of at least 4 members (excludes halogenated alkanes) is 6. The summed E-state index contributed by atoms with van der Waals surface area (Å²) in [6, 6.07) is 25.9. The molecule has 6 nitrogen and oxygen atoms in total. The van der Waals surface area contributed by atoms with Crippen LogP contribution in [-0.4, -0.2) is 33.0 Å². The van der Waals surface area contributed by atoms with Gasteiger partial charge >= 0.3 is 0 Å². The highest BCUT2D eigenvalue weighted by atomic mass is 14.9. The third kappa shape index (κ3) is 7.31. The summed E-state index contributed by atoms with van der Waals surface area (Å²) in [5, 5.41) is 4.55. The lowest BCUT2D eigenvalue weighted by molar-refractivity contribution is 0.670. The smallest absolute Gasteiger partial charge is 0.107 e. The Hall–Kier alpha value is -4.58. The van der Waals surface area contributed by atoms with E-state index in [9.17, 15) is 0 Å². The number of hydrogen-bond acceptors (Lipinski definition) is 3. The van der Waals surface area contributed by atoms with Crippen LogP contribution in [0.4, 0.5) is 5.69 Å². The number of aromatic nitrogens is 4. The summed E-state index contributed by atoms with van der Waals surface area (Å²) in [7, 11) is 0. The van der Waals surface area contributed by atoms with E-state index in [0.717, 1.165) is 80.6 Å². The lowest BCUT2D eigenvalue weighted by atomic mass is 10.1. The lowest BCUT2D eigenvalue weighted by Gasteiger charge is -2.08. The van der Waals surface area contributed by atoms with E-state index in [1.54, 1.807) is 0 Å². The van der Waals surface area contributed by atoms with E-state index in [0.29, 0.717) is 0 Å². The highest BCUT2D eigenvalue weighted by molar-refractivity contribution is 5.88. The molecule has 0 saturated carbocycles. The number of aromatic amines is 3. The Morgan fingerprint density at radius 1 is 0.659 bits per heavy atom. The van der Waals surface area contributed by atoms with Crippen LogP contribution in [0.1, 0.15) is 76.6 Å². The molecule has 44 heavy (non-hydrogen) atoms. The molecule has 6 heteroatoms. The predicted octanol–water partition coefficient (Wildman–Crippen LogP) is 9.84. The molecule has 5 heterocycles. The topological polar surface area (TPSA) is 84.7 Å². The molecule has 5 aromatic rings. The molecule has 226 valence electrons. The van der Waals surface area contributed by atoms with Gasteiger partial charge in [0, 0.05) is 51.9 Å². The number of benzene rings is 1. The van der Waals surface area contributed by atoms with Crippen LogP contribution in [-0.2, 0) is 0 Å². The Morgan fingerprint density at radius 2 is 1.41 bits per heavy atom. The van der Waals surface area contributed by atoms with Gasteiger partial charge in [0.05, 0.1) is 16.9 Å². The number of hydrogen-bond donors (Lipinski definition) is 4. The van der Waals surface area contributed by atoms with E-state index in [4.69, 9.17) is 9.98 Å². The van der Waals surface area contributed by atoms with Crippen LogP contribution >= 0.6 is 0 Å². The van der Waals surface area contributed by atoms with E-state index >= 15 is 0 Å². The second kappa shape index (κ2) is 14.3. The molecule has 0 atom stereocenters. The van der Waals surface area contributed by atoms with Crippen molar-refractivity contribution in [2.45, 2.75) is 65.2 Å². The van der Waals surface area contributed by atoms with Crippen molar-refractivity contribution in [3.8, 4) is 11.1 Å². The lowest BCUT2D eigenvalue weighted by Crippen LogP contribution is -2.08. The number of anilines is 1. The maximum Gasteiger partial charge on any atom is 0.107 e. The van der Waals surface area contributed by atoms with Crippen molar-refractivity contribution in [1.82, 2.24) is 19.9 Å². The number of rotatable bonds is 12. The van der Waals surface area contributed by atoms with Gasteiger partial charge in [0.25, 0.3) is 0 Å². The van der Waals surface area contributed by atoms with Gasteiger partial charge in [-0.05, 0) is 91.2 Å². The molecule has 8 bridgehead atoms. The minimum atomic E-state index is 0.794. The maximum absolute atomic E-state index is 5.07. The number of nitrogens with one attached hydrogen (secondary N) is 4. The molecule has 1 aliphatic heterocycles. The summed E-state index contributed by atoms with van der Waals surface area (Å²) in [5.74, 6) is 0. The fourth-order valence-electron chi connectivity index (χ4n) is 5.84. The van der Waals surface area contributed by atoms with Crippen molar-refractivity contribution >= 4 is 50.9 Å². The van der Waals surface area contributed by atoms with Crippen molar-refractivity contribution in [1.29, 1.82) is 0 Å². The second-order valence-corrected chi connectivity index (χ2v) is 11.8. The molecular weight excluding hydrogens is 540 g/mol. The first-order chi connectivity index (χ1) is 21.7. The summed E-state index contributed by atoms with van der Waals surface area (Å²) in [5.41, 5.74) is 11.4. The van der Waals surface area contributed by atoms with Gasteiger partial charge in [-0.1, -0.05) is 64.5 Å². The monoisotopic (exact) mass is 584 g/mol. The van der Waals surface area contributed by atoms with Gasteiger partial charge in [-0.3, -0.25) is 4.99 Å². The molecule has 4 N–H and O–H groups in total. The van der Waals surface area contributed by atoms with Gasteiger partial charge in [0.15, 0.2) is 0 Å². The van der Waals surface area contributed by atoms with Gasteiger partial charge < -0.3 is 20.3 Å². The number of H-pyrrole nitrogens is 3. The quantitative estimate of drug-likeness (QED) is 0.108. The van der Waals surface area contributed by atoms with Crippen LogP contribution in [0.3, 0.4) is 0 Å². The van der Waals surface area contributed by atoms with Crippen LogP contribution in [0.5, 0.6) is 0 Å². The first kappa shape index (κ1) is 29.5. The normalized spacial score (nSPS) is 12.4. The molecule has 0 unspecified atom stereocenters. The van der Waals surface area contributed by atoms with Crippen molar-refractivity contribution in [2.24, 2.45) is 4.99 Å². The van der Waals surface area contributed by atoms with Gasteiger partial charge in [0.2, 0.25) is 0 Å². The van der Waals surface area contributed by atoms with E-state index in [1.165, 1.54) is 50.5 Å². The van der Waals surface area contributed by atoms with Crippen LogP contribution in [0.2, 0.25) is 0 Å². The van der Waals surface area contributed by atoms with Crippen molar-refractivity contribution in [2.75, 3.05) is 18.4 Å². The first-order valence-electron chi connectivity index (χ1n) is 16.4. The van der Waals surface area contributed by atoms with Crippen LogP contribution in [0.15, 0.2) is 77.8 Å². The van der Waals surface area contributed by atoms with Crippen molar-refractivity contribution in [3.63, 3.8) is 0 Å². The fraction of sp³-hybridized carbons (Fsp3) is 0.316. The Balaban J connectivity index is 1.48. The molecule has 0 radical (unpaired) electrons. The Kier molecular flexibility index (Phi) is 9.56. The maximum atomic E-state index is 5.07. The SMILES string of the molecule is CCCCCCN=c1c2nc(cc3[nH]c(cc3-c3cccc(NCCCCCC)c3)cc3ccc(cc4ccc1[nH]4)[nH]3)C=C2. The first-order valence-corrected chi connectivity index (χ1v) is 16.4. The minimum Gasteiger partial charge on any atom is -0.385 e. The molecular formula is C38H44N6. The van der Waals surface area contributed by atoms with Gasteiger partial charge in [-0.25, -0.2) is 4.98 Å². The molecule has 1 aliphatic rings. The van der Waals surface area contributed by atoms with E-state index in [1.807, 2.05) is 0 Å². The fourth-order valence-corrected chi connectivity index (χ4v) is 5.84. The molecule has 0 spiro atoms. The molecule has 1 aromatic carbocycles.